The number of carbonyl (C=O) groups is 5. The average Bonchev–Trinajstić information content (AvgIpc) is 3.02. The van der Waals surface area contributed by atoms with Gasteiger partial charge in [0.25, 0.3) is 0 Å². The smallest absolute Gasteiger partial charge is 0.471 e. The topological polar surface area (TPSA) is 197 Å². The van der Waals surface area contributed by atoms with Gasteiger partial charge in [-0.05, 0) is 19.9 Å². The van der Waals surface area contributed by atoms with Crippen molar-refractivity contribution < 1.29 is 85.0 Å². The lowest BCUT2D eigenvalue weighted by Gasteiger charge is -2.44. The molecule has 2 amide bonds. The molecule has 19 heteroatoms. The van der Waals surface area contributed by atoms with Crippen molar-refractivity contribution in [3.63, 3.8) is 0 Å². The summed E-state index contributed by atoms with van der Waals surface area (Å²) >= 11 is 0. The lowest BCUT2D eigenvalue weighted by Crippen LogP contribution is -2.63. The summed E-state index contributed by atoms with van der Waals surface area (Å²) in [4.78, 5) is 63.0. The molecule has 2 aliphatic carbocycles. The number of carbonyl (C=O) groups excluding carboxylic acids is 5. The predicted octanol–water partition coefficient (Wildman–Crippen LogP) is 2.55. The highest BCUT2D eigenvalue weighted by Gasteiger charge is 2.58. The van der Waals surface area contributed by atoms with Gasteiger partial charge in [0.15, 0.2) is 17.9 Å². The number of phenols is 2. The number of imide groups is 1. The van der Waals surface area contributed by atoms with E-state index >= 15 is 0 Å². The molecule has 0 aromatic heterocycles. The van der Waals surface area contributed by atoms with Crippen molar-refractivity contribution in [3.05, 3.63) is 51.6 Å². The summed E-state index contributed by atoms with van der Waals surface area (Å²) in [7, 11) is 1.20. The average molecular weight is 720 g/mol. The number of nitrogens with zero attached hydrogens (tertiary/aromatic N) is 1. The number of phenolic OH excluding ortho intramolecular Hbond substituents is 2. The van der Waals surface area contributed by atoms with Gasteiger partial charge in [0.1, 0.15) is 29.0 Å². The largest absolute Gasteiger partial charge is 0.507 e. The van der Waals surface area contributed by atoms with Crippen molar-refractivity contribution in [1.29, 1.82) is 0 Å². The number of amides is 2. The quantitative estimate of drug-likeness (QED) is 0.223. The van der Waals surface area contributed by atoms with E-state index < -0.39 is 136 Å². The first-order chi connectivity index (χ1) is 23.0. The number of halogens is 6. The molecule has 1 saturated heterocycles. The van der Waals surface area contributed by atoms with Crippen LogP contribution in [0.4, 0.5) is 26.3 Å². The van der Waals surface area contributed by atoms with E-state index in [0.717, 1.165) is 13.8 Å². The minimum atomic E-state index is -6.01. The maximum Gasteiger partial charge on any atom is 0.471 e. The SMILES string of the molecule is COc1cccc2c1C(=O)c1c(O)c3c(c(O)c1C2=O)C[C@@](O)(C(C)=O)C[C@@H]3OC1CC(N(C(=O)C(F)(F)F)C(=O)C(F)(F)F)C(O)C(C)O1. The molecule has 5 rings (SSSR count). The number of benzene rings is 2. The summed E-state index contributed by atoms with van der Waals surface area (Å²) in [5.74, 6) is -11.4. The van der Waals surface area contributed by atoms with E-state index in [1.54, 1.807) is 0 Å². The van der Waals surface area contributed by atoms with E-state index in [2.05, 4.69) is 0 Å². The predicted molar refractivity (Wildman–Crippen MR) is 150 cm³/mol. The van der Waals surface area contributed by atoms with Crippen molar-refractivity contribution in [2.24, 2.45) is 0 Å². The number of hydrogen-bond acceptors (Lipinski definition) is 12. The number of alkyl halides is 6. The maximum atomic E-state index is 13.8. The van der Waals surface area contributed by atoms with Crippen molar-refractivity contribution in [2.45, 2.75) is 81.7 Å². The molecule has 0 radical (unpaired) electrons. The number of Topliss-reactive ketones (excluding diaryl/α,β-unsaturated/α-hetero) is 1. The van der Waals surface area contributed by atoms with Gasteiger partial charge < -0.3 is 34.6 Å². The first-order valence-corrected chi connectivity index (χ1v) is 14.7. The maximum absolute atomic E-state index is 13.8. The first-order valence-electron chi connectivity index (χ1n) is 14.7. The van der Waals surface area contributed by atoms with Crippen LogP contribution in [0.2, 0.25) is 0 Å². The van der Waals surface area contributed by atoms with E-state index in [9.17, 15) is 70.7 Å². The zero-order chi connectivity index (χ0) is 37.4. The Balaban J connectivity index is 1.63. The number of aromatic hydroxyl groups is 2. The molecular weight excluding hydrogens is 692 g/mol. The second-order valence-corrected chi connectivity index (χ2v) is 12.0. The van der Waals surface area contributed by atoms with E-state index in [1.807, 2.05) is 0 Å². The summed E-state index contributed by atoms with van der Waals surface area (Å²) in [6, 6.07) is 1.40. The standard InChI is InChI=1S/C31H27F6NO12/c1-10-22(40)14(38(27(45)30(32,33)34)28(46)31(35,36)37)7-17(49-10)50-16-9-29(47,11(2)39)8-13-19(16)26(44)21-20(24(13)42)23(41)12-5-4-6-15(48-3)18(12)25(21)43/h4-6,10,14,16-17,22,40,42,44,47H,7-9H2,1-3H3/t10?,14?,16-,17?,22?,29-/m0/s1. The number of aliphatic hydroxyl groups is 2. The van der Waals surface area contributed by atoms with Crippen LogP contribution in [0.1, 0.15) is 75.8 Å². The van der Waals surface area contributed by atoms with Gasteiger partial charge in [-0.15, -0.1) is 0 Å². The van der Waals surface area contributed by atoms with E-state index in [-0.39, 0.29) is 16.9 Å². The molecule has 13 nitrogen and oxygen atoms in total. The third kappa shape index (κ3) is 5.86. The molecule has 0 spiro atoms. The summed E-state index contributed by atoms with van der Waals surface area (Å²) < 4.78 is 96.9. The number of methoxy groups -OCH3 is 1. The van der Waals surface area contributed by atoms with Gasteiger partial charge in [-0.25, -0.2) is 0 Å². The molecule has 1 aliphatic heterocycles. The second-order valence-electron chi connectivity index (χ2n) is 12.0. The van der Waals surface area contributed by atoms with Gasteiger partial charge in [0, 0.05) is 36.0 Å². The molecule has 4 N–H and O–H groups in total. The summed E-state index contributed by atoms with van der Waals surface area (Å²) in [5, 5.41) is 44.8. The minimum absolute atomic E-state index is 0.0811. The molecule has 50 heavy (non-hydrogen) atoms. The highest BCUT2D eigenvalue weighted by Crippen LogP contribution is 2.52. The molecule has 2 aromatic rings. The highest BCUT2D eigenvalue weighted by molar-refractivity contribution is 6.31. The number of aliphatic hydroxyl groups excluding tert-OH is 1. The molecule has 4 unspecified atom stereocenters. The third-order valence-corrected chi connectivity index (χ3v) is 8.98. The highest BCUT2D eigenvalue weighted by atomic mass is 19.4. The van der Waals surface area contributed by atoms with Crippen LogP contribution in [-0.4, -0.2) is 104 Å². The second kappa shape index (κ2) is 12.3. The molecule has 2 aromatic carbocycles. The monoisotopic (exact) mass is 719 g/mol. The Morgan fingerprint density at radius 2 is 1.54 bits per heavy atom. The number of fused-ring (bicyclic) bond motifs is 3. The van der Waals surface area contributed by atoms with Crippen LogP contribution in [0.5, 0.6) is 17.2 Å². The fourth-order valence-corrected chi connectivity index (χ4v) is 6.52. The Labute approximate surface area is 276 Å². The van der Waals surface area contributed by atoms with Crippen molar-refractivity contribution in [3.8, 4) is 17.2 Å². The molecule has 1 fully saturated rings. The van der Waals surface area contributed by atoms with Crippen molar-refractivity contribution in [1.82, 2.24) is 4.90 Å². The molecular formula is C31H27F6NO12. The van der Waals surface area contributed by atoms with Crippen molar-refractivity contribution in [2.75, 3.05) is 7.11 Å². The van der Waals surface area contributed by atoms with E-state index in [0.29, 0.717) is 0 Å². The van der Waals surface area contributed by atoms with Gasteiger partial charge in [-0.1, -0.05) is 12.1 Å². The Bertz CT molecular complexity index is 1800. The molecule has 0 saturated carbocycles. The normalized spacial score (nSPS) is 26.4. The van der Waals surface area contributed by atoms with Crippen LogP contribution in [0.3, 0.4) is 0 Å². The summed E-state index contributed by atoms with van der Waals surface area (Å²) in [5.41, 5.74) is -5.35. The Hall–Kier alpha value is -4.59. The van der Waals surface area contributed by atoms with Crippen LogP contribution in [0, 0.1) is 0 Å². The lowest BCUT2D eigenvalue weighted by molar-refractivity contribution is -0.263. The van der Waals surface area contributed by atoms with E-state index in [4.69, 9.17) is 14.2 Å². The van der Waals surface area contributed by atoms with Crippen molar-refractivity contribution >= 4 is 29.2 Å². The number of hydrogen-bond donors (Lipinski definition) is 4. The van der Waals surface area contributed by atoms with Gasteiger partial charge >= 0.3 is 24.2 Å². The minimum Gasteiger partial charge on any atom is -0.507 e. The zero-order valence-corrected chi connectivity index (χ0v) is 26.0. The van der Waals surface area contributed by atoms with Crippen LogP contribution >= 0.6 is 0 Å². The lowest BCUT2D eigenvalue weighted by atomic mass is 9.72. The van der Waals surface area contributed by atoms with Gasteiger partial charge in [0.05, 0.1) is 42.0 Å². The molecule has 0 bridgehead atoms. The van der Waals surface area contributed by atoms with E-state index in [1.165, 1.54) is 25.3 Å². The zero-order valence-electron chi connectivity index (χ0n) is 26.0. The molecule has 270 valence electrons. The van der Waals surface area contributed by atoms with Gasteiger partial charge in [-0.3, -0.25) is 28.9 Å². The third-order valence-electron chi connectivity index (χ3n) is 8.98. The van der Waals surface area contributed by atoms with Gasteiger partial charge in [-0.2, -0.15) is 26.3 Å². The Morgan fingerprint density at radius 1 is 0.960 bits per heavy atom. The Kier molecular flexibility index (Phi) is 9.04. The number of ketones is 3. The molecule has 1 heterocycles. The van der Waals surface area contributed by atoms with Gasteiger partial charge in [0.2, 0.25) is 5.78 Å². The van der Waals surface area contributed by atoms with Crippen LogP contribution in [0.15, 0.2) is 18.2 Å². The fourth-order valence-electron chi connectivity index (χ4n) is 6.52. The number of ether oxygens (including phenoxy) is 3. The summed E-state index contributed by atoms with van der Waals surface area (Å²) in [6.07, 6.45) is -22.7. The summed E-state index contributed by atoms with van der Waals surface area (Å²) in [6.45, 7) is 1.90. The molecule has 6 atom stereocenters. The first kappa shape index (κ1) is 36.7. The fraction of sp³-hybridized carbons (Fsp3) is 0.452. The Morgan fingerprint density at radius 3 is 2.08 bits per heavy atom. The van der Waals surface area contributed by atoms with Crippen LogP contribution in [-0.2, 0) is 30.3 Å². The number of rotatable bonds is 5. The van der Waals surface area contributed by atoms with Crippen LogP contribution < -0.4 is 4.74 Å². The molecule has 3 aliphatic rings. The van der Waals surface area contributed by atoms with Crippen LogP contribution in [0.25, 0.3) is 0 Å².